The molecule has 0 unspecified atom stereocenters. The molecule has 0 fully saturated rings. The Balaban J connectivity index is 2.29. The standard InChI is InChI=1S/C17H20N/c1-3-17(4-2)13-14-9-5-6-10-15(14)16-11-7-8-12-18(16)17/h5-12H,3-4,13H2,1-2H3/q+1. The van der Waals surface area contributed by atoms with E-state index in [4.69, 9.17) is 0 Å². The fraction of sp³-hybridized carbons (Fsp3) is 0.353. The number of pyridine rings is 1. The highest BCUT2D eigenvalue weighted by atomic mass is 15.1. The molecular weight excluding hydrogens is 218 g/mol. The van der Waals surface area contributed by atoms with Crippen LogP contribution in [0.1, 0.15) is 32.3 Å². The zero-order valence-corrected chi connectivity index (χ0v) is 11.2. The van der Waals surface area contributed by atoms with Crippen molar-refractivity contribution in [2.75, 3.05) is 0 Å². The zero-order chi connectivity index (χ0) is 12.6. The topological polar surface area (TPSA) is 3.88 Å². The minimum absolute atomic E-state index is 0.255. The highest BCUT2D eigenvalue weighted by Crippen LogP contribution is 2.35. The average molecular weight is 238 g/mol. The largest absolute Gasteiger partial charge is 0.213 e. The summed E-state index contributed by atoms with van der Waals surface area (Å²) in [5, 5.41) is 0. The molecule has 0 radical (unpaired) electrons. The molecule has 1 aromatic heterocycles. The van der Waals surface area contributed by atoms with E-state index in [2.05, 4.69) is 67.1 Å². The lowest BCUT2D eigenvalue weighted by Gasteiger charge is -2.32. The Bertz CT molecular complexity index is 567. The Morgan fingerprint density at radius 2 is 1.72 bits per heavy atom. The van der Waals surface area contributed by atoms with E-state index in [1.165, 1.54) is 29.7 Å². The predicted molar refractivity (Wildman–Crippen MR) is 74.3 cm³/mol. The first kappa shape index (κ1) is 11.5. The van der Waals surface area contributed by atoms with Gasteiger partial charge in [0.2, 0.25) is 5.69 Å². The summed E-state index contributed by atoms with van der Waals surface area (Å²) in [7, 11) is 0. The number of hydrogen-bond donors (Lipinski definition) is 0. The Morgan fingerprint density at radius 3 is 2.50 bits per heavy atom. The van der Waals surface area contributed by atoms with Crippen molar-refractivity contribution < 1.29 is 4.57 Å². The van der Waals surface area contributed by atoms with Gasteiger partial charge in [-0.1, -0.05) is 32.0 Å². The molecule has 0 saturated heterocycles. The second-order valence-corrected chi connectivity index (χ2v) is 5.22. The SMILES string of the molecule is CCC1(CC)Cc2ccccc2-c2cccc[n+]21. The van der Waals surface area contributed by atoms with E-state index in [0.717, 1.165) is 6.42 Å². The van der Waals surface area contributed by atoms with Crippen molar-refractivity contribution >= 4 is 0 Å². The zero-order valence-electron chi connectivity index (χ0n) is 11.2. The molecule has 1 nitrogen and oxygen atoms in total. The first-order valence-corrected chi connectivity index (χ1v) is 6.90. The van der Waals surface area contributed by atoms with Crippen LogP contribution in [0.15, 0.2) is 48.7 Å². The molecule has 0 atom stereocenters. The lowest BCUT2D eigenvalue weighted by molar-refractivity contribution is -0.758. The molecule has 0 aliphatic carbocycles. The molecule has 0 bridgehead atoms. The van der Waals surface area contributed by atoms with E-state index in [-0.39, 0.29) is 5.54 Å². The highest BCUT2D eigenvalue weighted by molar-refractivity contribution is 5.62. The molecule has 3 rings (SSSR count). The van der Waals surface area contributed by atoms with E-state index in [9.17, 15) is 0 Å². The molecule has 2 aromatic rings. The molecule has 92 valence electrons. The van der Waals surface area contributed by atoms with Crippen molar-refractivity contribution in [3.63, 3.8) is 0 Å². The molecule has 2 heterocycles. The molecule has 1 aliphatic rings. The summed E-state index contributed by atoms with van der Waals surface area (Å²) >= 11 is 0. The molecule has 1 aromatic carbocycles. The van der Waals surface area contributed by atoms with Crippen molar-refractivity contribution in [1.29, 1.82) is 0 Å². The van der Waals surface area contributed by atoms with Gasteiger partial charge in [-0.25, -0.2) is 0 Å². The van der Waals surface area contributed by atoms with Crippen LogP contribution in [0.4, 0.5) is 0 Å². The van der Waals surface area contributed by atoms with E-state index in [0.29, 0.717) is 0 Å². The number of benzene rings is 1. The molecular formula is C17H20N+. The minimum Gasteiger partial charge on any atom is -0.193 e. The third-order valence-electron chi connectivity index (χ3n) is 4.50. The van der Waals surface area contributed by atoms with Gasteiger partial charge in [0, 0.05) is 37.0 Å². The van der Waals surface area contributed by atoms with Gasteiger partial charge in [-0.3, -0.25) is 0 Å². The molecule has 0 spiro atoms. The molecule has 0 amide bonds. The molecule has 18 heavy (non-hydrogen) atoms. The van der Waals surface area contributed by atoms with Gasteiger partial charge in [0.15, 0.2) is 11.7 Å². The van der Waals surface area contributed by atoms with Crippen LogP contribution < -0.4 is 4.57 Å². The molecule has 0 N–H and O–H groups in total. The second kappa shape index (κ2) is 4.24. The van der Waals surface area contributed by atoms with Crippen molar-refractivity contribution in [1.82, 2.24) is 0 Å². The van der Waals surface area contributed by atoms with Crippen LogP contribution in [0.5, 0.6) is 0 Å². The second-order valence-electron chi connectivity index (χ2n) is 5.22. The lowest BCUT2D eigenvalue weighted by atomic mass is 9.79. The van der Waals surface area contributed by atoms with Crippen LogP contribution in [0.25, 0.3) is 11.3 Å². The van der Waals surface area contributed by atoms with Gasteiger partial charge in [-0.05, 0) is 17.7 Å². The Labute approximate surface area is 109 Å². The monoisotopic (exact) mass is 238 g/mol. The van der Waals surface area contributed by atoms with E-state index < -0.39 is 0 Å². The Kier molecular flexibility index (Phi) is 2.70. The minimum atomic E-state index is 0.255. The van der Waals surface area contributed by atoms with Gasteiger partial charge in [0.05, 0.1) is 0 Å². The van der Waals surface area contributed by atoms with Crippen molar-refractivity contribution in [2.24, 2.45) is 0 Å². The van der Waals surface area contributed by atoms with E-state index in [1.54, 1.807) is 0 Å². The first-order valence-electron chi connectivity index (χ1n) is 6.90. The highest BCUT2D eigenvalue weighted by Gasteiger charge is 2.42. The Morgan fingerprint density at radius 1 is 1.00 bits per heavy atom. The molecule has 1 heteroatoms. The maximum atomic E-state index is 2.50. The summed E-state index contributed by atoms with van der Waals surface area (Å²) in [6.07, 6.45) is 5.76. The van der Waals surface area contributed by atoms with Crippen LogP contribution in [-0.4, -0.2) is 0 Å². The van der Waals surface area contributed by atoms with E-state index in [1.807, 2.05) is 0 Å². The predicted octanol–water partition coefficient (Wildman–Crippen LogP) is 3.71. The number of aromatic nitrogens is 1. The van der Waals surface area contributed by atoms with Gasteiger partial charge in [-0.15, -0.1) is 0 Å². The first-order chi connectivity index (χ1) is 8.80. The molecule has 0 saturated carbocycles. The molecule has 1 aliphatic heterocycles. The van der Waals surface area contributed by atoms with Crippen molar-refractivity contribution in [3.8, 4) is 11.3 Å². The van der Waals surface area contributed by atoms with Crippen LogP contribution in [0.2, 0.25) is 0 Å². The number of hydrogen-bond acceptors (Lipinski definition) is 0. The van der Waals surface area contributed by atoms with Crippen LogP contribution >= 0.6 is 0 Å². The Hall–Kier alpha value is -1.63. The van der Waals surface area contributed by atoms with Crippen LogP contribution in [0.3, 0.4) is 0 Å². The third kappa shape index (κ3) is 1.50. The normalized spacial score (nSPS) is 15.9. The maximum absolute atomic E-state index is 2.50. The van der Waals surface area contributed by atoms with Crippen molar-refractivity contribution in [3.05, 3.63) is 54.2 Å². The van der Waals surface area contributed by atoms with Gasteiger partial charge >= 0.3 is 0 Å². The average Bonchev–Trinajstić information content (AvgIpc) is 2.46. The van der Waals surface area contributed by atoms with Gasteiger partial charge < -0.3 is 0 Å². The van der Waals surface area contributed by atoms with Gasteiger partial charge in [0.25, 0.3) is 0 Å². The van der Waals surface area contributed by atoms with Gasteiger partial charge in [0.1, 0.15) is 0 Å². The number of fused-ring (bicyclic) bond motifs is 3. The van der Waals surface area contributed by atoms with E-state index >= 15 is 0 Å². The fourth-order valence-electron chi connectivity index (χ4n) is 3.28. The number of rotatable bonds is 2. The summed E-state index contributed by atoms with van der Waals surface area (Å²) < 4.78 is 2.50. The smallest absolute Gasteiger partial charge is 0.193 e. The van der Waals surface area contributed by atoms with Crippen LogP contribution in [-0.2, 0) is 12.0 Å². The summed E-state index contributed by atoms with van der Waals surface area (Å²) in [5.41, 5.74) is 4.51. The summed E-state index contributed by atoms with van der Waals surface area (Å²) in [6.45, 7) is 4.61. The maximum Gasteiger partial charge on any atom is 0.213 e. The summed E-state index contributed by atoms with van der Waals surface area (Å²) in [5.74, 6) is 0. The van der Waals surface area contributed by atoms with Crippen molar-refractivity contribution in [2.45, 2.75) is 38.6 Å². The number of nitrogens with zero attached hydrogens (tertiary/aromatic N) is 1. The van der Waals surface area contributed by atoms with Gasteiger partial charge in [-0.2, -0.15) is 4.57 Å². The summed E-state index contributed by atoms with van der Waals surface area (Å²) in [4.78, 5) is 0. The fourth-order valence-corrected chi connectivity index (χ4v) is 3.28. The third-order valence-corrected chi connectivity index (χ3v) is 4.50. The lowest BCUT2D eigenvalue weighted by Crippen LogP contribution is -2.60. The quantitative estimate of drug-likeness (QED) is 0.702. The summed E-state index contributed by atoms with van der Waals surface area (Å²) in [6, 6.07) is 15.4. The van der Waals surface area contributed by atoms with Crippen LogP contribution in [0, 0.1) is 0 Å².